The van der Waals surface area contributed by atoms with Gasteiger partial charge in [-0.25, -0.2) is 0 Å². The lowest BCUT2D eigenvalue weighted by Gasteiger charge is -2.21. The maximum absolute atomic E-state index is 12.4. The zero-order valence-electron chi connectivity index (χ0n) is 13.8. The van der Waals surface area contributed by atoms with Crippen LogP contribution in [0.1, 0.15) is 24.2 Å². The van der Waals surface area contributed by atoms with Gasteiger partial charge in [0, 0.05) is 28.8 Å². The van der Waals surface area contributed by atoms with Crippen molar-refractivity contribution in [1.29, 1.82) is 0 Å². The van der Waals surface area contributed by atoms with Gasteiger partial charge >= 0.3 is 0 Å². The molecule has 2 aromatic rings. The second kappa shape index (κ2) is 6.98. The van der Waals surface area contributed by atoms with Gasteiger partial charge in [-0.2, -0.15) is 0 Å². The average molecular weight is 355 g/mol. The van der Waals surface area contributed by atoms with Gasteiger partial charge in [-0.3, -0.25) is 14.4 Å². The van der Waals surface area contributed by atoms with Crippen LogP contribution in [0.3, 0.4) is 0 Å². The molecule has 1 unspecified atom stereocenters. The van der Waals surface area contributed by atoms with Gasteiger partial charge in [-0.1, -0.05) is 0 Å². The Morgan fingerprint density at radius 1 is 1.04 bits per heavy atom. The topological polar surface area (TPSA) is 87.3 Å². The molecule has 0 bridgehead atoms. The van der Waals surface area contributed by atoms with Crippen LogP contribution in [-0.4, -0.2) is 23.0 Å². The zero-order chi connectivity index (χ0) is 18.0. The molecule has 128 valence electrons. The predicted molar refractivity (Wildman–Crippen MR) is 99.1 cm³/mol. The summed E-state index contributed by atoms with van der Waals surface area (Å²) in [6.45, 7) is 3.28. The second-order valence-corrected chi connectivity index (χ2v) is 7.06. The molecular formula is C18H17N3O3S. The fourth-order valence-electron chi connectivity index (χ4n) is 2.39. The molecule has 3 rings (SSSR count). The van der Waals surface area contributed by atoms with E-state index in [-0.39, 0.29) is 23.0 Å². The Morgan fingerprint density at radius 3 is 2.32 bits per heavy atom. The fourth-order valence-corrected chi connectivity index (χ4v) is 3.32. The van der Waals surface area contributed by atoms with Gasteiger partial charge < -0.3 is 16.0 Å². The highest BCUT2D eigenvalue weighted by atomic mass is 32.2. The Morgan fingerprint density at radius 2 is 1.68 bits per heavy atom. The number of carbonyl (C=O) groups excluding carboxylic acids is 3. The lowest BCUT2D eigenvalue weighted by Crippen LogP contribution is -2.26. The highest BCUT2D eigenvalue weighted by Gasteiger charge is 2.23. The molecule has 1 heterocycles. The average Bonchev–Trinajstić information content (AvgIpc) is 2.57. The Hall–Kier alpha value is -2.80. The molecule has 3 N–H and O–H groups in total. The second-order valence-electron chi connectivity index (χ2n) is 5.67. The normalized spacial score (nSPS) is 15.8. The summed E-state index contributed by atoms with van der Waals surface area (Å²) < 4.78 is 0. The van der Waals surface area contributed by atoms with E-state index < -0.39 is 0 Å². The van der Waals surface area contributed by atoms with Crippen LogP contribution in [0.2, 0.25) is 0 Å². The summed E-state index contributed by atoms with van der Waals surface area (Å²) in [5.74, 6) is -0.489. The zero-order valence-corrected chi connectivity index (χ0v) is 14.6. The third-order valence-corrected chi connectivity index (χ3v) is 4.81. The minimum absolute atomic E-state index is 0.0661. The first-order valence-corrected chi connectivity index (χ1v) is 8.61. The van der Waals surface area contributed by atoms with Crippen LogP contribution in [0, 0.1) is 0 Å². The summed E-state index contributed by atoms with van der Waals surface area (Å²) in [5.41, 5.74) is 2.39. The van der Waals surface area contributed by atoms with E-state index in [2.05, 4.69) is 16.0 Å². The molecule has 6 nitrogen and oxygen atoms in total. The van der Waals surface area contributed by atoms with E-state index in [1.54, 1.807) is 36.4 Å². The molecule has 0 aromatic heterocycles. The summed E-state index contributed by atoms with van der Waals surface area (Å²) in [7, 11) is 0. The maximum atomic E-state index is 12.4. The van der Waals surface area contributed by atoms with Gasteiger partial charge in [0.15, 0.2) is 0 Å². The molecular weight excluding hydrogens is 338 g/mol. The lowest BCUT2D eigenvalue weighted by atomic mass is 10.1. The summed E-state index contributed by atoms with van der Waals surface area (Å²) in [4.78, 5) is 36.1. The minimum atomic E-state index is -0.270. The van der Waals surface area contributed by atoms with Crippen molar-refractivity contribution in [3.05, 3.63) is 48.0 Å². The molecule has 1 aliphatic heterocycles. The third kappa shape index (κ3) is 4.00. The first-order valence-electron chi connectivity index (χ1n) is 7.73. The Bertz CT molecular complexity index is 849. The standard InChI is InChI=1S/C18H17N3O3S/c1-10-17(23)21-15-9-12(3-8-16(15)25-10)18(24)20-14-6-4-13(5-7-14)19-11(2)22/h3-10H,1-2H3,(H,19,22)(H,20,24)(H,21,23). The van der Waals surface area contributed by atoms with E-state index in [1.807, 2.05) is 13.0 Å². The van der Waals surface area contributed by atoms with Crippen molar-refractivity contribution in [2.45, 2.75) is 24.0 Å². The Kier molecular flexibility index (Phi) is 4.76. The van der Waals surface area contributed by atoms with E-state index in [1.165, 1.54) is 18.7 Å². The van der Waals surface area contributed by atoms with E-state index in [0.717, 1.165) is 4.90 Å². The van der Waals surface area contributed by atoms with Crippen LogP contribution in [0.25, 0.3) is 0 Å². The van der Waals surface area contributed by atoms with Crippen molar-refractivity contribution in [3.8, 4) is 0 Å². The number of benzene rings is 2. The first-order chi connectivity index (χ1) is 11.9. The van der Waals surface area contributed by atoms with Crippen molar-refractivity contribution < 1.29 is 14.4 Å². The molecule has 7 heteroatoms. The number of hydrogen-bond acceptors (Lipinski definition) is 4. The monoisotopic (exact) mass is 355 g/mol. The minimum Gasteiger partial charge on any atom is -0.326 e. The number of nitrogens with one attached hydrogen (secondary N) is 3. The first kappa shape index (κ1) is 17.0. The van der Waals surface area contributed by atoms with Gasteiger partial charge in [-0.05, 0) is 49.4 Å². The van der Waals surface area contributed by atoms with E-state index in [4.69, 9.17) is 0 Å². The summed E-state index contributed by atoms with van der Waals surface area (Å²) in [6.07, 6.45) is 0. The summed E-state index contributed by atoms with van der Waals surface area (Å²) in [6, 6.07) is 12.1. The van der Waals surface area contributed by atoms with Crippen LogP contribution >= 0.6 is 11.8 Å². The molecule has 1 atom stereocenters. The van der Waals surface area contributed by atoms with Crippen molar-refractivity contribution in [1.82, 2.24) is 0 Å². The van der Waals surface area contributed by atoms with Crippen LogP contribution < -0.4 is 16.0 Å². The number of rotatable bonds is 3. The SMILES string of the molecule is CC(=O)Nc1ccc(NC(=O)c2ccc3c(c2)NC(=O)C(C)S3)cc1. The molecule has 25 heavy (non-hydrogen) atoms. The van der Waals surface area contributed by atoms with E-state index in [0.29, 0.717) is 22.6 Å². The van der Waals surface area contributed by atoms with Gasteiger partial charge in [0.2, 0.25) is 11.8 Å². The number of hydrogen-bond donors (Lipinski definition) is 3. The third-order valence-electron chi connectivity index (χ3n) is 3.64. The van der Waals surface area contributed by atoms with Crippen molar-refractivity contribution in [2.24, 2.45) is 0 Å². The van der Waals surface area contributed by atoms with Crippen LogP contribution in [0.5, 0.6) is 0 Å². The van der Waals surface area contributed by atoms with Crippen LogP contribution in [0.15, 0.2) is 47.4 Å². The van der Waals surface area contributed by atoms with Crippen molar-refractivity contribution in [3.63, 3.8) is 0 Å². The van der Waals surface area contributed by atoms with Crippen LogP contribution in [0.4, 0.5) is 17.1 Å². The summed E-state index contributed by atoms with van der Waals surface area (Å²) in [5, 5.41) is 8.13. The molecule has 0 saturated heterocycles. The van der Waals surface area contributed by atoms with Gasteiger partial charge in [0.25, 0.3) is 5.91 Å². The van der Waals surface area contributed by atoms with Crippen molar-refractivity contribution in [2.75, 3.05) is 16.0 Å². The highest BCUT2D eigenvalue weighted by Crippen LogP contribution is 2.36. The maximum Gasteiger partial charge on any atom is 0.255 e. The summed E-state index contributed by atoms with van der Waals surface area (Å²) >= 11 is 1.47. The number of fused-ring (bicyclic) bond motifs is 1. The molecule has 3 amide bonds. The molecule has 0 fully saturated rings. The predicted octanol–water partition coefficient (Wildman–Crippen LogP) is 3.33. The molecule has 0 aliphatic carbocycles. The Labute approximate surface area is 149 Å². The van der Waals surface area contributed by atoms with E-state index >= 15 is 0 Å². The number of carbonyl (C=O) groups is 3. The Balaban J connectivity index is 1.72. The molecule has 0 spiro atoms. The quantitative estimate of drug-likeness (QED) is 0.788. The van der Waals surface area contributed by atoms with Gasteiger partial charge in [0.1, 0.15) is 0 Å². The smallest absolute Gasteiger partial charge is 0.255 e. The molecule has 2 aromatic carbocycles. The number of thioether (sulfide) groups is 1. The fraction of sp³-hybridized carbons (Fsp3) is 0.167. The molecule has 0 radical (unpaired) electrons. The van der Waals surface area contributed by atoms with E-state index in [9.17, 15) is 14.4 Å². The highest BCUT2D eigenvalue weighted by molar-refractivity contribution is 8.00. The number of amides is 3. The lowest BCUT2D eigenvalue weighted by molar-refractivity contribution is -0.115. The molecule has 1 aliphatic rings. The molecule has 0 saturated carbocycles. The van der Waals surface area contributed by atoms with Crippen LogP contribution in [-0.2, 0) is 9.59 Å². The van der Waals surface area contributed by atoms with Gasteiger partial charge in [0.05, 0.1) is 10.9 Å². The largest absolute Gasteiger partial charge is 0.326 e. The number of anilines is 3. The van der Waals surface area contributed by atoms with Gasteiger partial charge in [-0.15, -0.1) is 11.8 Å². The van der Waals surface area contributed by atoms with Crippen molar-refractivity contribution >= 4 is 46.5 Å².